The number of nitrogens with one attached hydrogen (secondary N) is 1. The lowest BCUT2D eigenvalue weighted by Gasteiger charge is -2.18. The molecule has 1 N–H and O–H groups in total. The summed E-state index contributed by atoms with van der Waals surface area (Å²) in [7, 11) is 0. The van der Waals surface area contributed by atoms with Crippen molar-refractivity contribution in [1.82, 2.24) is 4.98 Å². The molecule has 0 spiro atoms. The van der Waals surface area contributed by atoms with Crippen molar-refractivity contribution in [3.05, 3.63) is 76.2 Å². The maximum Gasteiger partial charge on any atom is 0.341 e. The standard InChI is InChI=1S/C32H34N2O4S/c1-5-16-37-32(36)29-24-15-10-20(4)17-28(24)39-31(29)34-30(35)25-18-27(33-26-9-7-6-8-23(25)26)21-11-13-22(14-12-21)38-19(2)3/h6-9,11-14,18-20H,5,10,15-17H2,1-4H3,(H,34,35)/t20-/m1/s1. The van der Waals surface area contributed by atoms with Gasteiger partial charge in [0.05, 0.1) is 35.0 Å². The van der Waals surface area contributed by atoms with Crippen molar-refractivity contribution >= 4 is 39.1 Å². The summed E-state index contributed by atoms with van der Waals surface area (Å²) in [5, 5.41) is 4.41. The first-order valence-electron chi connectivity index (χ1n) is 13.6. The molecule has 2 aromatic carbocycles. The van der Waals surface area contributed by atoms with E-state index in [0.717, 1.165) is 58.3 Å². The molecule has 1 amide bonds. The molecule has 2 aromatic heterocycles. The lowest BCUT2D eigenvalue weighted by atomic mass is 9.88. The van der Waals surface area contributed by atoms with Crippen LogP contribution in [-0.2, 0) is 17.6 Å². The van der Waals surface area contributed by atoms with Gasteiger partial charge in [0.15, 0.2) is 0 Å². The largest absolute Gasteiger partial charge is 0.491 e. The number of rotatable bonds is 8. The van der Waals surface area contributed by atoms with E-state index < -0.39 is 0 Å². The van der Waals surface area contributed by atoms with Crippen LogP contribution in [0.25, 0.3) is 22.2 Å². The average Bonchev–Trinajstić information content (AvgIpc) is 3.27. The predicted molar refractivity (Wildman–Crippen MR) is 157 cm³/mol. The fraction of sp³-hybridized carbons (Fsp3) is 0.344. The Kier molecular flexibility index (Phi) is 7.98. The van der Waals surface area contributed by atoms with E-state index >= 15 is 0 Å². The number of amides is 1. The van der Waals surface area contributed by atoms with E-state index in [0.29, 0.717) is 34.3 Å². The maximum absolute atomic E-state index is 13.8. The second-order valence-corrected chi connectivity index (χ2v) is 11.5. The Bertz CT molecular complexity index is 1510. The van der Waals surface area contributed by atoms with Gasteiger partial charge in [-0.05, 0) is 87.4 Å². The summed E-state index contributed by atoms with van der Waals surface area (Å²) in [6.07, 6.45) is 3.57. The number of anilines is 1. The Labute approximate surface area is 233 Å². The molecule has 0 fully saturated rings. The van der Waals surface area contributed by atoms with Gasteiger partial charge in [0.2, 0.25) is 0 Å². The fourth-order valence-corrected chi connectivity index (χ4v) is 6.37. The molecule has 39 heavy (non-hydrogen) atoms. The second kappa shape index (κ2) is 11.6. The number of aromatic nitrogens is 1. The third-order valence-corrected chi connectivity index (χ3v) is 8.03. The number of para-hydroxylation sites is 1. The van der Waals surface area contributed by atoms with Crippen molar-refractivity contribution in [2.45, 2.75) is 59.5 Å². The van der Waals surface area contributed by atoms with E-state index in [1.807, 2.05) is 75.4 Å². The summed E-state index contributed by atoms with van der Waals surface area (Å²) in [5.74, 6) is 0.697. The molecule has 4 aromatic rings. The smallest absolute Gasteiger partial charge is 0.341 e. The minimum Gasteiger partial charge on any atom is -0.491 e. The van der Waals surface area contributed by atoms with Crippen LogP contribution in [0.15, 0.2) is 54.6 Å². The molecule has 2 heterocycles. The normalized spacial score (nSPS) is 14.7. The van der Waals surface area contributed by atoms with Crippen molar-refractivity contribution in [3.8, 4) is 17.0 Å². The summed E-state index contributed by atoms with van der Waals surface area (Å²) in [5.41, 5.74) is 4.35. The zero-order valence-corrected chi connectivity index (χ0v) is 23.7. The lowest BCUT2D eigenvalue weighted by molar-refractivity contribution is 0.0505. The molecule has 0 unspecified atom stereocenters. The van der Waals surface area contributed by atoms with Crippen LogP contribution >= 0.6 is 11.3 Å². The predicted octanol–water partition coefficient (Wildman–Crippen LogP) is 7.69. The molecule has 0 radical (unpaired) electrons. The SMILES string of the molecule is CCCOC(=O)c1c(NC(=O)c2cc(-c3ccc(OC(C)C)cc3)nc3ccccc23)sc2c1CC[C@@H](C)C2. The summed E-state index contributed by atoms with van der Waals surface area (Å²) in [6.45, 7) is 8.53. The number of nitrogens with zero attached hydrogens (tertiary/aromatic N) is 1. The van der Waals surface area contributed by atoms with Crippen LogP contribution in [-0.4, -0.2) is 29.6 Å². The van der Waals surface area contributed by atoms with Crippen LogP contribution in [0.1, 0.15) is 71.7 Å². The van der Waals surface area contributed by atoms with Crippen molar-refractivity contribution in [2.75, 3.05) is 11.9 Å². The van der Waals surface area contributed by atoms with Gasteiger partial charge in [0, 0.05) is 15.8 Å². The van der Waals surface area contributed by atoms with Gasteiger partial charge in [0.25, 0.3) is 5.91 Å². The van der Waals surface area contributed by atoms with E-state index in [1.165, 1.54) is 11.3 Å². The zero-order chi connectivity index (χ0) is 27.5. The van der Waals surface area contributed by atoms with E-state index in [4.69, 9.17) is 14.5 Å². The van der Waals surface area contributed by atoms with Gasteiger partial charge >= 0.3 is 5.97 Å². The number of hydrogen-bond donors (Lipinski definition) is 1. The van der Waals surface area contributed by atoms with Gasteiger partial charge in [-0.1, -0.05) is 32.0 Å². The molecule has 0 bridgehead atoms. The average molecular weight is 543 g/mol. The third-order valence-electron chi connectivity index (χ3n) is 6.86. The van der Waals surface area contributed by atoms with Crippen LogP contribution in [0.5, 0.6) is 5.75 Å². The Morgan fingerprint density at radius 2 is 1.90 bits per heavy atom. The van der Waals surface area contributed by atoms with Gasteiger partial charge in [-0.3, -0.25) is 4.79 Å². The van der Waals surface area contributed by atoms with Crippen molar-refractivity contribution in [3.63, 3.8) is 0 Å². The molecule has 1 atom stereocenters. The van der Waals surface area contributed by atoms with Gasteiger partial charge in [-0.15, -0.1) is 11.3 Å². The lowest BCUT2D eigenvalue weighted by Crippen LogP contribution is -2.17. The topological polar surface area (TPSA) is 77.5 Å². The third kappa shape index (κ3) is 5.83. The molecule has 1 aliphatic rings. The Hall–Kier alpha value is -3.71. The minimum absolute atomic E-state index is 0.0835. The van der Waals surface area contributed by atoms with Crippen LogP contribution in [0.3, 0.4) is 0 Å². The number of carbonyl (C=O) groups is 2. The highest BCUT2D eigenvalue weighted by Crippen LogP contribution is 2.40. The number of pyridine rings is 1. The summed E-state index contributed by atoms with van der Waals surface area (Å²) in [6, 6.07) is 17.2. The molecule has 1 aliphatic carbocycles. The quantitative estimate of drug-likeness (QED) is 0.231. The number of hydrogen-bond acceptors (Lipinski definition) is 6. The van der Waals surface area contributed by atoms with E-state index in [1.54, 1.807) is 0 Å². The van der Waals surface area contributed by atoms with Gasteiger partial charge < -0.3 is 14.8 Å². The first kappa shape index (κ1) is 26.9. The first-order chi connectivity index (χ1) is 18.8. The summed E-state index contributed by atoms with van der Waals surface area (Å²) < 4.78 is 11.3. The highest BCUT2D eigenvalue weighted by atomic mass is 32.1. The van der Waals surface area contributed by atoms with Crippen LogP contribution in [0, 0.1) is 5.92 Å². The Morgan fingerprint density at radius 1 is 1.13 bits per heavy atom. The highest BCUT2D eigenvalue weighted by Gasteiger charge is 2.29. The molecule has 0 saturated carbocycles. The second-order valence-electron chi connectivity index (χ2n) is 10.4. The molecular formula is C32H34N2O4S. The Balaban J connectivity index is 1.52. The van der Waals surface area contributed by atoms with Crippen molar-refractivity contribution in [2.24, 2.45) is 5.92 Å². The number of esters is 1. The van der Waals surface area contributed by atoms with E-state index in [-0.39, 0.29) is 18.0 Å². The number of benzene rings is 2. The van der Waals surface area contributed by atoms with Crippen LogP contribution < -0.4 is 10.1 Å². The maximum atomic E-state index is 13.8. The van der Waals surface area contributed by atoms with Gasteiger partial charge in [-0.25, -0.2) is 9.78 Å². The molecule has 6 nitrogen and oxygen atoms in total. The van der Waals surface area contributed by atoms with E-state index in [2.05, 4.69) is 12.2 Å². The molecule has 7 heteroatoms. The molecule has 202 valence electrons. The van der Waals surface area contributed by atoms with Crippen molar-refractivity contribution in [1.29, 1.82) is 0 Å². The minimum atomic E-state index is -0.358. The zero-order valence-electron chi connectivity index (χ0n) is 22.9. The number of carbonyl (C=O) groups excluding carboxylic acids is 2. The van der Waals surface area contributed by atoms with Gasteiger partial charge in [-0.2, -0.15) is 0 Å². The van der Waals surface area contributed by atoms with E-state index in [9.17, 15) is 9.59 Å². The molecule has 0 saturated heterocycles. The molecule has 5 rings (SSSR count). The summed E-state index contributed by atoms with van der Waals surface area (Å²) in [4.78, 5) is 33.0. The Morgan fingerprint density at radius 3 is 2.64 bits per heavy atom. The first-order valence-corrected chi connectivity index (χ1v) is 14.5. The number of thiophene rings is 1. The van der Waals surface area contributed by atoms with Crippen molar-refractivity contribution < 1.29 is 19.1 Å². The number of ether oxygens (including phenoxy) is 2. The highest BCUT2D eigenvalue weighted by molar-refractivity contribution is 7.17. The van der Waals surface area contributed by atoms with Crippen LogP contribution in [0.2, 0.25) is 0 Å². The monoisotopic (exact) mass is 542 g/mol. The summed E-state index contributed by atoms with van der Waals surface area (Å²) >= 11 is 1.50. The molecule has 0 aliphatic heterocycles. The van der Waals surface area contributed by atoms with Gasteiger partial charge in [0.1, 0.15) is 10.8 Å². The van der Waals surface area contributed by atoms with Crippen LogP contribution in [0.4, 0.5) is 5.00 Å². The fourth-order valence-electron chi connectivity index (χ4n) is 4.98. The molecular weight excluding hydrogens is 508 g/mol. The number of fused-ring (bicyclic) bond motifs is 2.